The van der Waals surface area contributed by atoms with Crippen molar-refractivity contribution in [2.24, 2.45) is 0 Å². The van der Waals surface area contributed by atoms with Gasteiger partial charge >= 0.3 is 0 Å². The van der Waals surface area contributed by atoms with Crippen LogP contribution in [0.4, 0.5) is 0 Å². The lowest BCUT2D eigenvalue weighted by molar-refractivity contribution is 0.337. The lowest BCUT2D eigenvalue weighted by atomic mass is 10.4. The lowest BCUT2D eigenvalue weighted by Crippen LogP contribution is -2.30. The molecule has 0 atom stereocenters. The summed E-state index contributed by atoms with van der Waals surface area (Å²) in [6, 6.07) is 0. The number of likely N-dealkylation sites (tertiary alicyclic amines) is 1. The van der Waals surface area contributed by atoms with Crippen molar-refractivity contribution in [1.29, 1.82) is 0 Å². The van der Waals surface area contributed by atoms with Gasteiger partial charge in [0.1, 0.15) is 0 Å². The highest BCUT2D eigenvalue weighted by atomic mass is 32.2. The minimum atomic E-state index is 1.17. The molecule has 0 aromatic rings. The van der Waals surface area contributed by atoms with E-state index < -0.39 is 0 Å². The summed E-state index contributed by atoms with van der Waals surface area (Å²) in [6.45, 7) is 8.46. The van der Waals surface area contributed by atoms with Crippen LogP contribution in [0.15, 0.2) is 0 Å². The molecule has 0 aromatic heterocycles. The molecule has 1 aliphatic heterocycles. The van der Waals surface area contributed by atoms with E-state index in [0.29, 0.717) is 0 Å². The van der Waals surface area contributed by atoms with E-state index in [2.05, 4.69) is 17.1 Å². The minimum absolute atomic E-state index is 1.17. The van der Waals surface area contributed by atoms with Crippen molar-refractivity contribution in [3.63, 3.8) is 0 Å². The van der Waals surface area contributed by atoms with Gasteiger partial charge in [0.15, 0.2) is 0 Å². The second-order valence-electron chi connectivity index (χ2n) is 3.50. The van der Waals surface area contributed by atoms with Crippen molar-refractivity contribution in [2.45, 2.75) is 19.8 Å². The Morgan fingerprint density at radius 1 is 1.23 bits per heavy atom. The first-order chi connectivity index (χ1) is 6.43. The van der Waals surface area contributed by atoms with Crippen LogP contribution in [-0.2, 0) is 0 Å². The lowest BCUT2D eigenvalue weighted by Gasteiger charge is -2.14. The molecule has 0 radical (unpaired) electrons. The van der Waals surface area contributed by atoms with Gasteiger partial charge in [-0.1, -0.05) is 6.92 Å². The second-order valence-corrected chi connectivity index (χ2v) is 4.89. The number of hydrogen-bond acceptors (Lipinski definition) is 3. The third kappa shape index (κ3) is 5.55. The van der Waals surface area contributed by atoms with Crippen molar-refractivity contribution >= 4 is 11.8 Å². The molecule has 0 unspecified atom stereocenters. The summed E-state index contributed by atoms with van der Waals surface area (Å²) in [5.74, 6) is 2.50. The maximum absolute atomic E-state index is 3.48. The number of nitrogens with zero attached hydrogens (tertiary/aromatic N) is 1. The standard InChI is InChI=1S/C10H22N2S/c1-2-13-10-6-11-5-9-12-7-3-4-8-12/h11H,2-10H2,1H3. The molecule has 0 aromatic carbocycles. The summed E-state index contributed by atoms with van der Waals surface area (Å²) in [5.41, 5.74) is 0. The normalized spacial score (nSPS) is 18.2. The minimum Gasteiger partial charge on any atom is -0.315 e. The molecular weight excluding hydrogens is 180 g/mol. The highest BCUT2D eigenvalue weighted by Crippen LogP contribution is 2.05. The maximum atomic E-state index is 3.48. The Hall–Kier alpha value is 0.270. The first-order valence-corrected chi connectivity index (χ1v) is 6.59. The third-order valence-electron chi connectivity index (χ3n) is 2.43. The van der Waals surface area contributed by atoms with E-state index in [4.69, 9.17) is 0 Å². The number of rotatable bonds is 7. The fourth-order valence-electron chi connectivity index (χ4n) is 1.66. The van der Waals surface area contributed by atoms with Crippen molar-refractivity contribution in [3.8, 4) is 0 Å². The Labute approximate surface area is 86.5 Å². The Kier molecular flexibility index (Phi) is 6.68. The average molecular weight is 202 g/mol. The highest BCUT2D eigenvalue weighted by molar-refractivity contribution is 7.99. The summed E-state index contributed by atoms with van der Waals surface area (Å²) in [6.07, 6.45) is 2.82. The zero-order valence-corrected chi connectivity index (χ0v) is 9.54. The molecule has 0 bridgehead atoms. The van der Waals surface area contributed by atoms with E-state index in [1.165, 1.54) is 57.1 Å². The molecular formula is C10H22N2S. The summed E-state index contributed by atoms with van der Waals surface area (Å²) in [4.78, 5) is 2.56. The van der Waals surface area contributed by atoms with Crippen LogP contribution in [0.1, 0.15) is 19.8 Å². The quantitative estimate of drug-likeness (QED) is 0.629. The van der Waals surface area contributed by atoms with Gasteiger partial charge in [-0.2, -0.15) is 11.8 Å². The third-order valence-corrected chi connectivity index (χ3v) is 3.33. The summed E-state index contributed by atoms with van der Waals surface area (Å²) >= 11 is 2.01. The predicted molar refractivity (Wildman–Crippen MR) is 61.5 cm³/mol. The van der Waals surface area contributed by atoms with E-state index in [-0.39, 0.29) is 0 Å². The summed E-state index contributed by atoms with van der Waals surface area (Å²) < 4.78 is 0. The van der Waals surface area contributed by atoms with Gasteiger partial charge in [-0.25, -0.2) is 0 Å². The van der Waals surface area contributed by atoms with Gasteiger partial charge in [0.05, 0.1) is 0 Å². The Balaban J connectivity index is 1.78. The first kappa shape index (κ1) is 11.3. The molecule has 13 heavy (non-hydrogen) atoms. The fraction of sp³-hybridized carbons (Fsp3) is 1.00. The van der Waals surface area contributed by atoms with Gasteiger partial charge in [-0.15, -0.1) is 0 Å². The van der Waals surface area contributed by atoms with Crippen molar-refractivity contribution in [1.82, 2.24) is 10.2 Å². The SMILES string of the molecule is CCSCCNCCN1CCCC1. The van der Waals surface area contributed by atoms with Gasteiger partial charge in [0.25, 0.3) is 0 Å². The number of hydrogen-bond donors (Lipinski definition) is 1. The van der Waals surface area contributed by atoms with Crippen LogP contribution in [0.2, 0.25) is 0 Å². The van der Waals surface area contributed by atoms with E-state index in [1.807, 2.05) is 11.8 Å². The van der Waals surface area contributed by atoms with Gasteiger partial charge in [-0.3, -0.25) is 0 Å². The van der Waals surface area contributed by atoms with Gasteiger partial charge < -0.3 is 10.2 Å². The van der Waals surface area contributed by atoms with Crippen LogP contribution in [0, 0.1) is 0 Å². The number of nitrogens with one attached hydrogen (secondary N) is 1. The maximum Gasteiger partial charge on any atom is 0.0107 e. The molecule has 1 heterocycles. The molecule has 1 fully saturated rings. The molecule has 0 spiro atoms. The molecule has 1 N–H and O–H groups in total. The fourth-order valence-corrected chi connectivity index (χ4v) is 2.23. The van der Waals surface area contributed by atoms with E-state index in [1.54, 1.807) is 0 Å². The van der Waals surface area contributed by atoms with Crippen LogP contribution in [0.5, 0.6) is 0 Å². The van der Waals surface area contributed by atoms with E-state index >= 15 is 0 Å². The Morgan fingerprint density at radius 3 is 2.69 bits per heavy atom. The van der Waals surface area contributed by atoms with Crippen molar-refractivity contribution in [2.75, 3.05) is 44.2 Å². The smallest absolute Gasteiger partial charge is 0.0107 e. The highest BCUT2D eigenvalue weighted by Gasteiger charge is 2.09. The molecule has 3 heteroatoms. The first-order valence-electron chi connectivity index (χ1n) is 5.44. The van der Waals surface area contributed by atoms with Gasteiger partial charge in [0, 0.05) is 25.4 Å². The number of thioether (sulfide) groups is 1. The Morgan fingerprint density at radius 2 is 2.00 bits per heavy atom. The molecule has 0 saturated carbocycles. The predicted octanol–water partition coefficient (Wildman–Crippen LogP) is 1.42. The summed E-state index contributed by atoms with van der Waals surface area (Å²) in [5, 5.41) is 3.48. The van der Waals surface area contributed by atoms with Crippen LogP contribution in [0.25, 0.3) is 0 Å². The van der Waals surface area contributed by atoms with Crippen LogP contribution >= 0.6 is 11.8 Å². The summed E-state index contributed by atoms with van der Waals surface area (Å²) in [7, 11) is 0. The topological polar surface area (TPSA) is 15.3 Å². The largest absolute Gasteiger partial charge is 0.315 e. The average Bonchev–Trinajstić information content (AvgIpc) is 2.63. The van der Waals surface area contributed by atoms with Crippen molar-refractivity contribution < 1.29 is 0 Å². The zero-order valence-electron chi connectivity index (χ0n) is 8.72. The molecule has 0 aliphatic carbocycles. The molecule has 0 amide bonds. The van der Waals surface area contributed by atoms with E-state index in [9.17, 15) is 0 Å². The molecule has 1 saturated heterocycles. The molecule has 1 rings (SSSR count). The zero-order chi connectivity index (χ0) is 9.36. The molecule has 2 nitrogen and oxygen atoms in total. The van der Waals surface area contributed by atoms with E-state index in [0.717, 1.165) is 0 Å². The second kappa shape index (κ2) is 7.65. The Bertz CT molecular complexity index is 113. The molecule has 1 aliphatic rings. The monoisotopic (exact) mass is 202 g/mol. The van der Waals surface area contributed by atoms with Crippen molar-refractivity contribution in [3.05, 3.63) is 0 Å². The molecule has 78 valence electrons. The van der Waals surface area contributed by atoms with Crippen LogP contribution < -0.4 is 5.32 Å². The van der Waals surface area contributed by atoms with Gasteiger partial charge in [0.2, 0.25) is 0 Å². The van der Waals surface area contributed by atoms with Crippen LogP contribution in [-0.4, -0.2) is 49.1 Å². The van der Waals surface area contributed by atoms with Crippen LogP contribution in [0.3, 0.4) is 0 Å². The van der Waals surface area contributed by atoms with Gasteiger partial charge in [-0.05, 0) is 31.7 Å².